The number of benzene rings is 6. The Morgan fingerprint density at radius 1 is 0.536 bits per heavy atom. The van der Waals surface area contributed by atoms with Crippen molar-refractivity contribution < 1.29 is 0 Å². The van der Waals surface area contributed by atoms with Gasteiger partial charge in [0.1, 0.15) is 17.3 Å². The van der Waals surface area contributed by atoms with Crippen LogP contribution in [-0.2, 0) is 0 Å². The minimum atomic E-state index is -2.05. The Kier molecular flexibility index (Phi) is 8.73. The standard InChI is InChI=1S/C50H39N5S/c1-6-18-36(19-7-1)47-52-48(37-20-8-2-9-21-37)54-49(53-47)38-22-16-29-42(34-38)56(40-25-12-4-13-26-40,41-27-14-5-15-28-41)43-31-32-46-45(35-43)44-30-17-33-51-50(44)55(46)39-23-10-3-11-24-39/h1-2,4-10,12-35,47H,3,11H2,(H,52,53,54). The molecular weight excluding hydrogens is 703 g/mol. The van der Waals surface area contributed by atoms with Crippen molar-refractivity contribution in [2.45, 2.75) is 38.6 Å². The molecule has 0 amide bonds. The minimum absolute atomic E-state index is 0.380. The fourth-order valence-electron chi connectivity index (χ4n) is 8.06. The third kappa shape index (κ3) is 5.86. The first-order valence-corrected chi connectivity index (χ1v) is 20.7. The smallest absolute Gasteiger partial charge is 0.169 e. The molecule has 2 aliphatic rings. The van der Waals surface area contributed by atoms with Gasteiger partial charge >= 0.3 is 0 Å². The Hall–Kier alpha value is -6.76. The van der Waals surface area contributed by atoms with Gasteiger partial charge in [-0.25, -0.2) is 15.0 Å². The van der Waals surface area contributed by atoms with E-state index < -0.39 is 10.0 Å². The summed E-state index contributed by atoms with van der Waals surface area (Å²) < 4.78 is 2.33. The first kappa shape index (κ1) is 33.8. The Labute approximate surface area is 328 Å². The lowest BCUT2D eigenvalue weighted by Crippen LogP contribution is -2.36. The van der Waals surface area contributed by atoms with Crippen LogP contribution in [0.15, 0.2) is 230 Å². The van der Waals surface area contributed by atoms with Gasteiger partial charge in [0, 0.05) is 53.4 Å². The first-order valence-electron chi connectivity index (χ1n) is 19.1. The summed E-state index contributed by atoms with van der Waals surface area (Å²) in [5.74, 6) is 1.60. The topological polar surface area (TPSA) is 54.6 Å². The molecule has 1 unspecified atom stereocenters. The summed E-state index contributed by atoms with van der Waals surface area (Å²) in [6.45, 7) is 0. The summed E-state index contributed by atoms with van der Waals surface area (Å²) in [6, 6.07) is 63.1. The second-order valence-corrected chi connectivity index (χ2v) is 17.1. The van der Waals surface area contributed by atoms with Crippen LogP contribution in [-0.4, -0.2) is 21.2 Å². The van der Waals surface area contributed by atoms with Crippen molar-refractivity contribution in [2.75, 3.05) is 0 Å². The highest BCUT2D eigenvalue weighted by Gasteiger charge is 2.35. The maximum Gasteiger partial charge on any atom is 0.169 e. The van der Waals surface area contributed by atoms with Gasteiger partial charge in [-0.3, -0.25) is 4.57 Å². The molecule has 1 aliphatic carbocycles. The molecule has 0 bridgehead atoms. The minimum Gasteiger partial charge on any atom is -0.324 e. The van der Waals surface area contributed by atoms with Crippen LogP contribution in [0.2, 0.25) is 0 Å². The van der Waals surface area contributed by atoms with Crippen LogP contribution in [0.5, 0.6) is 0 Å². The van der Waals surface area contributed by atoms with Crippen molar-refractivity contribution in [3.05, 3.63) is 217 Å². The lowest BCUT2D eigenvalue weighted by molar-refractivity contribution is 0.755. The first-order chi connectivity index (χ1) is 27.8. The van der Waals surface area contributed by atoms with E-state index in [0.29, 0.717) is 0 Å². The van der Waals surface area contributed by atoms with Gasteiger partial charge in [0.2, 0.25) is 0 Å². The number of fused-ring (bicyclic) bond motifs is 3. The van der Waals surface area contributed by atoms with E-state index >= 15 is 0 Å². The Morgan fingerprint density at radius 3 is 1.86 bits per heavy atom. The van der Waals surface area contributed by atoms with Crippen LogP contribution in [0, 0.1) is 0 Å². The van der Waals surface area contributed by atoms with E-state index in [4.69, 9.17) is 15.0 Å². The summed E-state index contributed by atoms with van der Waals surface area (Å²) in [5, 5.41) is 5.99. The molecule has 0 radical (unpaired) electrons. The van der Waals surface area contributed by atoms with Gasteiger partial charge < -0.3 is 5.32 Å². The fraction of sp³-hybridized carbons (Fsp3) is 0.0600. The fourth-order valence-corrected chi connectivity index (χ4v) is 12.0. The molecule has 8 aromatic rings. The van der Waals surface area contributed by atoms with Crippen molar-refractivity contribution in [3.8, 4) is 0 Å². The zero-order valence-electron chi connectivity index (χ0n) is 30.7. The summed E-state index contributed by atoms with van der Waals surface area (Å²) in [7, 11) is -2.05. The third-order valence-corrected chi connectivity index (χ3v) is 14.5. The number of hydrogen-bond donors (Lipinski definition) is 1. The van der Waals surface area contributed by atoms with Crippen LogP contribution < -0.4 is 5.32 Å². The van der Waals surface area contributed by atoms with Gasteiger partial charge in [-0.1, -0.05) is 121 Å². The highest BCUT2D eigenvalue weighted by atomic mass is 32.3. The summed E-state index contributed by atoms with van der Waals surface area (Å²) in [6.07, 6.45) is 10.4. The maximum absolute atomic E-state index is 5.27. The number of hydrogen-bond acceptors (Lipinski definition) is 4. The Bertz CT molecular complexity index is 2780. The second kappa shape index (κ2) is 14.5. The Morgan fingerprint density at radius 2 is 1.16 bits per heavy atom. The summed E-state index contributed by atoms with van der Waals surface area (Å²) >= 11 is 0. The lowest BCUT2D eigenvalue weighted by Gasteiger charge is -2.42. The van der Waals surface area contributed by atoms with Gasteiger partial charge in [0.15, 0.2) is 6.17 Å². The third-order valence-electron chi connectivity index (χ3n) is 10.6. The van der Waals surface area contributed by atoms with Crippen molar-refractivity contribution in [1.82, 2.24) is 14.9 Å². The van der Waals surface area contributed by atoms with Gasteiger partial charge in [-0.2, -0.15) is 0 Å². The molecule has 1 aliphatic heterocycles. The number of nitrogens with zero attached hydrogens (tertiary/aromatic N) is 4. The van der Waals surface area contributed by atoms with E-state index in [9.17, 15) is 0 Å². The van der Waals surface area contributed by atoms with E-state index in [2.05, 4.69) is 180 Å². The molecule has 3 heterocycles. The average Bonchev–Trinajstić information content (AvgIpc) is 3.62. The summed E-state index contributed by atoms with van der Waals surface area (Å²) in [5.41, 5.74) is 6.38. The molecule has 2 aromatic heterocycles. The quantitative estimate of drug-likeness (QED) is 0.169. The predicted octanol–water partition coefficient (Wildman–Crippen LogP) is 12.2. The number of aliphatic imine (C=N–C) groups is 2. The second-order valence-electron chi connectivity index (χ2n) is 14.0. The highest BCUT2D eigenvalue weighted by Crippen LogP contribution is 2.73. The number of aromatic nitrogens is 2. The van der Waals surface area contributed by atoms with E-state index in [1.54, 1.807) is 0 Å². The predicted molar refractivity (Wildman–Crippen MR) is 232 cm³/mol. The van der Waals surface area contributed by atoms with Crippen molar-refractivity contribution >= 4 is 49.3 Å². The summed E-state index contributed by atoms with van der Waals surface area (Å²) in [4.78, 5) is 20.3. The van der Waals surface area contributed by atoms with E-state index in [0.717, 1.165) is 57.8 Å². The highest BCUT2D eigenvalue weighted by molar-refractivity contribution is 8.34. The van der Waals surface area contributed by atoms with Crippen LogP contribution in [0.1, 0.15) is 35.7 Å². The number of pyridine rings is 1. The molecule has 5 nitrogen and oxygen atoms in total. The molecule has 1 atom stereocenters. The molecule has 0 spiro atoms. The molecule has 10 rings (SSSR count). The monoisotopic (exact) mass is 741 g/mol. The van der Waals surface area contributed by atoms with E-state index in [1.165, 1.54) is 30.7 Å². The van der Waals surface area contributed by atoms with Crippen LogP contribution in [0.25, 0.3) is 27.6 Å². The van der Waals surface area contributed by atoms with Gasteiger partial charge in [0.05, 0.1) is 5.52 Å². The molecule has 0 fully saturated rings. The SMILES string of the molecule is C1=CC(n2c3ccc(S(c4ccccc4)(c4ccccc4)c4cccc(C5=NC(c6ccccc6)N=C(c6ccccc6)N5)c4)cc3c3cccnc32)=CCC1. The maximum atomic E-state index is 5.27. The van der Waals surface area contributed by atoms with E-state index in [-0.39, 0.29) is 6.17 Å². The van der Waals surface area contributed by atoms with Crippen LogP contribution in [0.3, 0.4) is 0 Å². The normalized spacial score (nSPS) is 15.9. The molecule has 6 aromatic carbocycles. The largest absolute Gasteiger partial charge is 0.324 e. The van der Waals surface area contributed by atoms with Crippen molar-refractivity contribution in [2.24, 2.45) is 9.98 Å². The van der Waals surface area contributed by atoms with Crippen LogP contribution in [0.4, 0.5) is 0 Å². The van der Waals surface area contributed by atoms with Crippen molar-refractivity contribution in [1.29, 1.82) is 0 Å². The number of rotatable bonds is 8. The molecule has 0 saturated heterocycles. The van der Waals surface area contributed by atoms with Gasteiger partial charge in [0.25, 0.3) is 0 Å². The zero-order chi connectivity index (χ0) is 37.3. The number of amidine groups is 2. The van der Waals surface area contributed by atoms with Gasteiger partial charge in [-0.05, 0) is 91.2 Å². The van der Waals surface area contributed by atoms with E-state index in [1.807, 2.05) is 30.5 Å². The van der Waals surface area contributed by atoms with Crippen LogP contribution >= 0.6 is 10.0 Å². The lowest BCUT2D eigenvalue weighted by atomic mass is 10.1. The molecule has 1 N–H and O–H groups in total. The van der Waals surface area contributed by atoms with Gasteiger partial charge in [-0.15, -0.1) is 10.0 Å². The zero-order valence-corrected chi connectivity index (χ0v) is 31.6. The Balaban J connectivity index is 1.20. The molecule has 6 heteroatoms. The number of nitrogens with one attached hydrogen (secondary N) is 1. The molecule has 270 valence electrons. The van der Waals surface area contributed by atoms with Crippen molar-refractivity contribution in [3.63, 3.8) is 0 Å². The average molecular weight is 742 g/mol. The molecule has 56 heavy (non-hydrogen) atoms. The molecule has 0 saturated carbocycles. The number of allylic oxidation sites excluding steroid dienone is 4. The molecular formula is C50H39N5S.